The lowest BCUT2D eigenvalue weighted by Crippen LogP contribution is -2.39. The number of hydrogen-bond donors (Lipinski definition) is 2. The molecule has 0 saturated heterocycles. The molecule has 1 aliphatic rings. The number of nitrogens with zero attached hydrogens (tertiary/aromatic N) is 1. The van der Waals surface area contributed by atoms with E-state index in [4.69, 9.17) is 5.11 Å². The van der Waals surface area contributed by atoms with Crippen LogP contribution in [0.4, 0.5) is 9.80 Å². The third kappa shape index (κ3) is 2.64. The van der Waals surface area contributed by atoms with Gasteiger partial charge in [-0.1, -0.05) is 0 Å². The van der Waals surface area contributed by atoms with Gasteiger partial charge < -0.3 is 10.0 Å². The van der Waals surface area contributed by atoms with Crippen molar-refractivity contribution in [2.75, 3.05) is 12.4 Å². The van der Waals surface area contributed by atoms with Gasteiger partial charge in [0.05, 0.1) is 5.56 Å². The molecule has 1 aromatic rings. The molecule has 0 aromatic carbocycles. The Labute approximate surface area is 109 Å². The molecule has 1 fully saturated rings. The predicted octanol–water partition coefficient (Wildman–Crippen LogP) is 2.71. The van der Waals surface area contributed by atoms with Gasteiger partial charge in [-0.3, -0.25) is 5.32 Å². The second kappa shape index (κ2) is 4.97. The van der Waals surface area contributed by atoms with Crippen LogP contribution >= 0.6 is 11.3 Å². The zero-order chi connectivity index (χ0) is 13.3. The molecule has 1 heterocycles. The van der Waals surface area contributed by atoms with Crippen LogP contribution in [0.5, 0.6) is 0 Å². The van der Waals surface area contributed by atoms with E-state index >= 15 is 0 Å². The maximum absolute atomic E-state index is 12.0. The van der Waals surface area contributed by atoms with Crippen LogP contribution in [-0.4, -0.2) is 35.1 Å². The van der Waals surface area contributed by atoms with Crippen molar-refractivity contribution in [1.82, 2.24) is 4.90 Å². The summed E-state index contributed by atoms with van der Waals surface area (Å²) in [6.45, 7) is 2.02. The Morgan fingerprint density at radius 2 is 2.22 bits per heavy atom. The summed E-state index contributed by atoms with van der Waals surface area (Å²) in [5, 5.41) is 13.7. The van der Waals surface area contributed by atoms with Crippen molar-refractivity contribution < 1.29 is 14.7 Å². The lowest BCUT2D eigenvalue weighted by Gasteiger charge is -2.24. The highest BCUT2D eigenvalue weighted by Crippen LogP contribution is 2.35. The second-order valence-corrected chi connectivity index (χ2v) is 5.50. The third-order valence-electron chi connectivity index (χ3n) is 3.35. The summed E-state index contributed by atoms with van der Waals surface area (Å²) in [6, 6.07) is 1.44. The van der Waals surface area contributed by atoms with E-state index < -0.39 is 5.97 Å². The fraction of sp³-hybridized carbons (Fsp3) is 0.500. The lowest BCUT2D eigenvalue weighted by atomic mass is 10.2. The lowest BCUT2D eigenvalue weighted by molar-refractivity contribution is 0.0698. The SMILES string of the molecule is CC(C1CC1)N(C)C(=O)Nc1sccc1C(=O)O. The van der Waals surface area contributed by atoms with E-state index in [1.165, 1.54) is 17.4 Å². The molecule has 0 bridgehead atoms. The molecule has 0 spiro atoms. The topological polar surface area (TPSA) is 69.6 Å². The Morgan fingerprint density at radius 3 is 2.78 bits per heavy atom. The molecule has 6 heteroatoms. The summed E-state index contributed by atoms with van der Waals surface area (Å²) in [5.41, 5.74) is 0.140. The Hall–Kier alpha value is -1.56. The number of nitrogens with one attached hydrogen (secondary N) is 1. The molecular weight excluding hydrogens is 252 g/mol. The van der Waals surface area contributed by atoms with E-state index in [1.54, 1.807) is 17.3 Å². The molecule has 18 heavy (non-hydrogen) atoms. The summed E-state index contributed by atoms with van der Waals surface area (Å²) in [7, 11) is 1.74. The molecule has 5 nitrogen and oxygen atoms in total. The summed E-state index contributed by atoms with van der Waals surface area (Å²) >= 11 is 1.22. The van der Waals surface area contributed by atoms with E-state index in [-0.39, 0.29) is 17.6 Å². The highest BCUT2D eigenvalue weighted by Gasteiger charge is 2.32. The van der Waals surface area contributed by atoms with Crippen molar-refractivity contribution in [3.63, 3.8) is 0 Å². The number of carbonyl (C=O) groups is 2. The first-order valence-corrected chi connectivity index (χ1v) is 6.73. The molecular formula is C12H16N2O3S. The minimum Gasteiger partial charge on any atom is -0.478 e. The molecule has 1 aromatic heterocycles. The molecule has 2 rings (SSSR count). The van der Waals surface area contributed by atoms with Crippen molar-refractivity contribution in [3.8, 4) is 0 Å². The molecule has 2 amide bonds. The van der Waals surface area contributed by atoms with Gasteiger partial charge in [-0.2, -0.15) is 0 Å². The van der Waals surface area contributed by atoms with Crippen molar-refractivity contribution in [2.45, 2.75) is 25.8 Å². The second-order valence-electron chi connectivity index (χ2n) is 4.59. The number of carboxylic acid groups (broad SMARTS) is 1. The normalized spacial score (nSPS) is 16.1. The van der Waals surface area contributed by atoms with Gasteiger partial charge in [-0.25, -0.2) is 9.59 Å². The van der Waals surface area contributed by atoms with Crippen LogP contribution in [0.3, 0.4) is 0 Å². The fourth-order valence-electron chi connectivity index (χ4n) is 1.84. The van der Waals surface area contributed by atoms with E-state index in [1.807, 2.05) is 6.92 Å². The zero-order valence-corrected chi connectivity index (χ0v) is 11.2. The maximum Gasteiger partial charge on any atom is 0.338 e. The van der Waals surface area contributed by atoms with Gasteiger partial charge >= 0.3 is 12.0 Å². The quantitative estimate of drug-likeness (QED) is 0.882. The van der Waals surface area contributed by atoms with Gasteiger partial charge in [-0.05, 0) is 37.1 Å². The zero-order valence-electron chi connectivity index (χ0n) is 10.3. The van der Waals surface area contributed by atoms with E-state index in [0.717, 1.165) is 12.8 Å². The van der Waals surface area contributed by atoms with Crippen LogP contribution < -0.4 is 5.32 Å². The van der Waals surface area contributed by atoms with Crippen molar-refractivity contribution >= 4 is 28.3 Å². The van der Waals surface area contributed by atoms with E-state index in [2.05, 4.69) is 5.32 Å². The number of carbonyl (C=O) groups excluding carboxylic acids is 1. The van der Waals surface area contributed by atoms with Gasteiger partial charge in [0, 0.05) is 13.1 Å². The van der Waals surface area contributed by atoms with E-state index in [0.29, 0.717) is 10.9 Å². The number of urea groups is 1. The fourth-order valence-corrected chi connectivity index (χ4v) is 2.61. The molecule has 98 valence electrons. The van der Waals surface area contributed by atoms with Crippen LogP contribution in [0.2, 0.25) is 0 Å². The monoisotopic (exact) mass is 268 g/mol. The molecule has 2 N–H and O–H groups in total. The first-order valence-electron chi connectivity index (χ1n) is 5.85. The largest absolute Gasteiger partial charge is 0.478 e. The number of hydrogen-bond acceptors (Lipinski definition) is 3. The van der Waals surface area contributed by atoms with Gasteiger partial charge in [0.15, 0.2) is 0 Å². The van der Waals surface area contributed by atoms with Crippen LogP contribution in [0, 0.1) is 5.92 Å². The molecule has 1 aliphatic carbocycles. The Kier molecular flexibility index (Phi) is 3.56. The average Bonchev–Trinajstić information content (AvgIpc) is 3.07. The minimum absolute atomic E-state index is 0.140. The molecule has 1 saturated carbocycles. The molecule has 0 aliphatic heterocycles. The maximum atomic E-state index is 12.0. The summed E-state index contributed by atoms with van der Waals surface area (Å²) in [4.78, 5) is 24.6. The summed E-state index contributed by atoms with van der Waals surface area (Å²) in [5.74, 6) is -0.438. The number of carboxylic acids is 1. The Bertz CT molecular complexity index is 468. The third-order valence-corrected chi connectivity index (χ3v) is 4.18. The highest BCUT2D eigenvalue weighted by atomic mass is 32.1. The highest BCUT2D eigenvalue weighted by molar-refractivity contribution is 7.14. The number of aromatic carboxylic acids is 1. The van der Waals surface area contributed by atoms with Gasteiger partial charge in [-0.15, -0.1) is 11.3 Å². The average molecular weight is 268 g/mol. The predicted molar refractivity (Wildman–Crippen MR) is 70.2 cm³/mol. The number of anilines is 1. The van der Waals surface area contributed by atoms with E-state index in [9.17, 15) is 9.59 Å². The molecule has 0 radical (unpaired) electrons. The number of amides is 2. The van der Waals surface area contributed by atoms with Gasteiger partial charge in [0.25, 0.3) is 0 Å². The van der Waals surface area contributed by atoms with Crippen molar-refractivity contribution in [1.29, 1.82) is 0 Å². The Balaban J connectivity index is 2.01. The standard InChI is InChI=1S/C12H16N2O3S/c1-7(8-3-4-8)14(2)12(17)13-10-9(11(15)16)5-6-18-10/h5-8H,3-4H2,1-2H3,(H,13,17)(H,15,16). The van der Waals surface area contributed by atoms with Crippen molar-refractivity contribution in [3.05, 3.63) is 17.0 Å². The van der Waals surface area contributed by atoms with Gasteiger partial charge in [0.1, 0.15) is 5.00 Å². The molecule has 1 atom stereocenters. The number of rotatable bonds is 4. The van der Waals surface area contributed by atoms with Crippen LogP contribution in [-0.2, 0) is 0 Å². The Morgan fingerprint density at radius 1 is 1.56 bits per heavy atom. The van der Waals surface area contributed by atoms with Gasteiger partial charge in [0.2, 0.25) is 0 Å². The number of thiophene rings is 1. The smallest absolute Gasteiger partial charge is 0.338 e. The first-order chi connectivity index (χ1) is 8.50. The van der Waals surface area contributed by atoms with Crippen LogP contribution in [0.25, 0.3) is 0 Å². The summed E-state index contributed by atoms with van der Waals surface area (Å²) in [6.07, 6.45) is 2.33. The molecule has 1 unspecified atom stereocenters. The van der Waals surface area contributed by atoms with Crippen LogP contribution in [0.15, 0.2) is 11.4 Å². The summed E-state index contributed by atoms with van der Waals surface area (Å²) < 4.78 is 0. The minimum atomic E-state index is -1.02. The van der Waals surface area contributed by atoms with Crippen molar-refractivity contribution in [2.24, 2.45) is 5.92 Å². The van der Waals surface area contributed by atoms with Crippen LogP contribution in [0.1, 0.15) is 30.1 Å². The first kappa shape index (κ1) is 12.9.